The molecular weight excluding hydrogens is 170 g/mol. The van der Waals surface area contributed by atoms with Crippen molar-refractivity contribution in [1.29, 1.82) is 0 Å². The van der Waals surface area contributed by atoms with Gasteiger partial charge >= 0.3 is 0 Å². The molecule has 0 fully saturated rings. The summed E-state index contributed by atoms with van der Waals surface area (Å²) < 4.78 is 10.1. The van der Waals surface area contributed by atoms with Crippen LogP contribution in [0.1, 0.15) is 20.3 Å². The van der Waals surface area contributed by atoms with Gasteiger partial charge in [0.15, 0.2) is 0 Å². The fraction of sp³-hybridized carbons (Fsp3) is 0.889. The molecule has 0 spiro atoms. The molecule has 78 valence electrons. The summed E-state index contributed by atoms with van der Waals surface area (Å²) in [6.07, 6.45) is 0.937. The molecule has 0 aromatic carbocycles. The fourth-order valence-electron chi connectivity index (χ4n) is 0.767. The van der Waals surface area contributed by atoms with Crippen molar-refractivity contribution in [2.75, 3.05) is 33.0 Å². The maximum Gasteiger partial charge on any atom is 0.246 e. The van der Waals surface area contributed by atoms with E-state index in [0.717, 1.165) is 6.42 Å². The van der Waals surface area contributed by atoms with E-state index in [1.807, 2.05) is 13.8 Å². The van der Waals surface area contributed by atoms with E-state index in [2.05, 4.69) is 5.32 Å². The first-order chi connectivity index (χ1) is 6.31. The van der Waals surface area contributed by atoms with Gasteiger partial charge in [-0.15, -0.1) is 0 Å². The Morgan fingerprint density at radius 1 is 1.23 bits per heavy atom. The van der Waals surface area contributed by atoms with Crippen LogP contribution in [0.2, 0.25) is 0 Å². The largest absolute Gasteiger partial charge is 0.380 e. The second-order valence-corrected chi connectivity index (χ2v) is 2.60. The summed E-state index contributed by atoms with van der Waals surface area (Å²) in [5.41, 5.74) is 0. The van der Waals surface area contributed by atoms with Crippen LogP contribution in [0.25, 0.3) is 0 Å². The number of hydrogen-bond donors (Lipinski definition) is 1. The molecule has 0 aromatic rings. The molecule has 0 aliphatic carbocycles. The Hall–Kier alpha value is -0.610. The van der Waals surface area contributed by atoms with Gasteiger partial charge in [-0.25, -0.2) is 0 Å². The predicted molar refractivity (Wildman–Crippen MR) is 50.6 cm³/mol. The van der Waals surface area contributed by atoms with E-state index in [1.165, 1.54) is 0 Å². The summed E-state index contributed by atoms with van der Waals surface area (Å²) in [6.45, 7) is 6.53. The Balaban J connectivity index is 3.11. The lowest BCUT2D eigenvalue weighted by Gasteiger charge is -2.05. The van der Waals surface area contributed by atoms with Crippen molar-refractivity contribution in [3.8, 4) is 0 Å². The van der Waals surface area contributed by atoms with Crippen molar-refractivity contribution < 1.29 is 14.3 Å². The third-order valence-electron chi connectivity index (χ3n) is 1.35. The fourth-order valence-corrected chi connectivity index (χ4v) is 0.767. The first-order valence-electron chi connectivity index (χ1n) is 4.73. The first-order valence-corrected chi connectivity index (χ1v) is 4.73. The van der Waals surface area contributed by atoms with E-state index in [4.69, 9.17) is 9.47 Å². The van der Waals surface area contributed by atoms with Crippen LogP contribution in [-0.2, 0) is 14.3 Å². The normalized spacial score (nSPS) is 10.0. The molecule has 0 atom stereocenters. The molecule has 4 heteroatoms. The van der Waals surface area contributed by atoms with Crippen LogP contribution in [0.4, 0.5) is 0 Å². The maximum absolute atomic E-state index is 11.0. The van der Waals surface area contributed by atoms with Crippen LogP contribution in [0.15, 0.2) is 0 Å². The summed E-state index contributed by atoms with van der Waals surface area (Å²) in [7, 11) is 0. The van der Waals surface area contributed by atoms with E-state index in [0.29, 0.717) is 26.4 Å². The highest BCUT2D eigenvalue weighted by Gasteiger charge is 1.98. The standard InChI is InChI=1S/C9H19NO3/c1-3-6-13-8-9(11)10-5-7-12-4-2/h3-8H2,1-2H3,(H,10,11). The van der Waals surface area contributed by atoms with Crippen LogP contribution in [-0.4, -0.2) is 38.9 Å². The van der Waals surface area contributed by atoms with Gasteiger partial charge in [0.1, 0.15) is 6.61 Å². The van der Waals surface area contributed by atoms with Crippen molar-refractivity contribution in [1.82, 2.24) is 5.32 Å². The van der Waals surface area contributed by atoms with E-state index >= 15 is 0 Å². The molecule has 0 bridgehead atoms. The van der Waals surface area contributed by atoms with Crippen molar-refractivity contribution in [2.45, 2.75) is 20.3 Å². The molecule has 13 heavy (non-hydrogen) atoms. The highest BCUT2D eigenvalue weighted by molar-refractivity contribution is 5.77. The second kappa shape index (κ2) is 9.48. The molecule has 1 N–H and O–H groups in total. The van der Waals surface area contributed by atoms with Crippen molar-refractivity contribution in [3.05, 3.63) is 0 Å². The minimum absolute atomic E-state index is 0.0758. The first kappa shape index (κ1) is 12.4. The number of amides is 1. The van der Waals surface area contributed by atoms with Crippen molar-refractivity contribution >= 4 is 5.91 Å². The van der Waals surface area contributed by atoms with Gasteiger partial charge in [0, 0.05) is 19.8 Å². The van der Waals surface area contributed by atoms with Crippen LogP contribution < -0.4 is 5.32 Å². The van der Waals surface area contributed by atoms with Crippen LogP contribution in [0.3, 0.4) is 0 Å². The van der Waals surface area contributed by atoms with Gasteiger partial charge < -0.3 is 14.8 Å². The smallest absolute Gasteiger partial charge is 0.246 e. The van der Waals surface area contributed by atoms with E-state index in [1.54, 1.807) is 0 Å². The third kappa shape index (κ3) is 9.30. The van der Waals surface area contributed by atoms with Gasteiger partial charge in [-0.05, 0) is 13.3 Å². The summed E-state index contributed by atoms with van der Waals surface area (Å²) in [4.78, 5) is 11.0. The number of rotatable bonds is 8. The number of nitrogens with one attached hydrogen (secondary N) is 1. The average molecular weight is 189 g/mol. The predicted octanol–water partition coefficient (Wildman–Crippen LogP) is 0.566. The zero-order valence-electron chi connectivity index (χ0n) is 8.47. The molecular formula is C9H19NO3. The minimum atomic E-state index is -0.0758. The topological polar surface area (TPSA) is 47.6 Å². The van der Waals surface area contributed by atoms with Gasteiger partial charge in [-0.2, -0.15) is 0 Å². The van der Waals surface area contributed by atoms with Gasteiger partial charge in [-0.1, -0.05) is 6.92 Å². The summed E-state index contributed by atoms with van der Waals surface area (Å²) in [5.74, 6) is -0.0758. The summed E-state index contributed by atoms with van der Waals surface area (Å²) in [6, 6.07) is 0. The minimum Gasteiger partial charge on any atom is -0.380 e. The number of carbonyl (C=O) groups excluding carboxylic acids is 1. The summed E-state index contributed by atoms with van der Waals surface area (Å²) >= 11 is 0. The monoisotopic (exact) mass is 189 g/mol. The zero-order chi connectivity index (χ0) is 9.94. The quantitative estimate of drug-likeness (QED) is 0.568. The molecule has 0 heterocycles. The summed E-state index contributed by atoms with van der Waals surface area (Å²) in [5, 5.41) is 2.69. The maximum atomic E-state index is 11.0. The highest BCUT2D eigenvalue weighted by Crippen LogP contribution is 1.79. The van der Waals surface area contributed by atoms with Gasteiger partial charge in [0.05, 0.1) is 6.61 Å². The molecule has 0 aromatic heterocycles. The van der Waals surface area contributed by atoms with Crippen LogP contribution in [0, 0.1) is 0 Å². The van der Waals surface area contributed by atoms with Crippen LogP contribution >= 0.6 is 0 Å². The molecule has 0 rings (SSSR count). The Morgan fingerprint density at radius 2 is 2.00 bits per heavy atom. The molecule has 0 aliphatic rings. The van der Waals surface area contributed by atoms with Gasteiger partial charge in [-0.3, -0.25) is 4.79 Å². The number of ether oxygens (including phenoxy) is 2. The second-order valence-electron chi connectivity index (χ2n) is 2.60. The molecule has 0 unspecified atom stereocenters. The highest BCUT2D eigenvalue weighted by atomic mass is 16.5. The zero-order valence-corrected chi connectivity index (χ0v) is 8.47. The number of hydrogen-bond acceptors (Lipinski definition) is 3. The molecule has 0 radical (unpaired) electrons. The average Bonchev–Trinajstić information content (AvgIpc) is 2.13. The SMILES string of the molecule is CCCOCC(=O)NCCOCC. The lowest BCUT2D eigenvalue weighted by molar-refractivity contribution is -0.125. The Bertz CT molecular complexity index is 128. The number of carbonyl (C=O) groups is 1. The van der Waals surface area contributed by atoms with Gasteiger partial charge in [0.2, 0.25) is 5.91 Å². The lowest BCUT2D eigenvalue weighted by atomic mass is 10.5. The van der Waals surface area contributed by atoms with E-state index < -0.39 is 0 Å². The van der Waals surface area contributed by atoms with Crippen LogP contribution in [0.5, 0.6) is 0 Å². The molecule has 0 saturated carbocycles. The van der Waals surface area contributed by atoms with Crippen molar-refractivity contribution in [2.24, 2.45) is 0 Å². The Kier molecular flexibility index (Phi) is 9.03. The molecule has 1 amide bonds. The molecule has 4 nitrogen and oxygen atoms in total. The Labute approximate surface area is 79.6 Å². The van der Waals surface area contributed by atoms with Crippen molar-refractivity contribution in [3.63, 3.8) is 0 Å². The molecule has 0 aliphatic heterocycles. The van der Waals surface area contributed by atoms with E-state index in [9.17, 15) is 4.79 Å². The molecule has 0 saturated heterocycles. The Morgan fingerprint density at radius 3 is 2.62 bits per heavy atom. The third-order valence-corrected chi connectivity index (χ3v) is 1.35. The van der Waals surface area contributed by atoms with Gasteiger partial charge in [0.25, 0.3) is 0 Å². The van der Waals surface area contributed by atoms with E-state index in [-0.39, 0.29) is 12.5 Å². The lowest BCUT2D eigenvalue weighted by Crippen LogP contribution is -2.30.